The van der Waals surface area contributed by atoms with Crippen LogP contribution in [0.1, 0.15) is 25.2 Å². The average Bonchev–Trinajstić information content (AvgIpc) is 2.78. The molecule has 1 heterocycles. The Labute approximate surface area is 94.4 Å². The van der Waals surface area contributed by atoms with Gasteiger partial charge < -0.3 is 19.6 Å². The molecule has 0 amide bonds. The molecule has 5 nitrogen and oxygen atoms in total. The first-order chi connectivity index (χ1) is 7.74. The standard InChI is InChI=1S/C11H17NO4/c1-2-15-11(14)5-6-12-8-9(13)10-4-3-7-16-10/h3-4,7,9,12-13H,2,5-6,8H2,1H3. The van der Waals surface area contributed by atoms with Crippen molar-refractivity contribution in [2.24, 2.45) is 0 Å². The van der Waals surface area contributed by atoms with Crippen molar-refractivity contribution in [3.8, 4) is 0 Å². The normalized spacial score (nSPS) is 12.4. The Morgan fingerprint density at radius 2 is 2.50 bits per heavy atom. The van der Waals surface area contributed by atoms with E-state index in [0.717, 1.165) is 0 Å². The lowest BCUT2D eigenvalue weighted by Gasteiger charge is -2.08. The van der Waals surface area contributed by atoms with E-state index in [0.29, 0.717) is 31.9 Å². The Balaban J connectivity index is 2.09. The van der Waals surface area contributed by atoms with Gasteiger partial charge in [0.25, 0.3) is 0 Å². The number of esters is 1. The number of furan rings is 1. The van der Waals surface area contributed by atoms with Gasteiger partial charge in [0.05, 0.1) is 19.3 Å². The zero-order valence-electron chi connectivity index (χ0n) is 9.31. The third kappa shape index (κ3) is 4.46. The van der Waals surface area contributed by atoms with Gasteiger partial charge >= 0.3 is 5.97 Å². The second kappa shape index (κ2) is 7.03. The van der Waals surface area contributed by atoms with Gasteiger partial charge in [0.15, 0.2) is 0 Å². The van der Waals surface area contributed by atoms with E-state index in [1.165, 1.54) is 6.26 Å². The number of ether oxygens (including phenoxy) is 1. The fraction of sp³-hybridized carbons (Fsp3) is 0.545. The van der Waals surface area contributed by atoms with Crippen molar-refractivity contribution in [3.05, 3.63) is 24.2 Å². The minimum Gasteiger partial charge on any atom is -0.467 e. The molecule has 0 spiro atoms. The minimum atomic E-state index is -0.683. The van der Waals surface area contributed by atoms with Gasteiger partial charge in [-0.15, -0.1) is 0 Å². The molecule has 5 heteroatoms. The van der Waals surface area contributed by atoms with Crippen LogP contribution in [0.15, 0.2) is 22.8 Å². The third-order valence-corrected chi connectivity index (χ3v) is 2.02. The molecular formula is C11H17NO4. The monoisotopic (exact) mass is 227 g/mol. The van der Waals surface area contributed by atoms with E-state index in [-0.39, 0.29) is 5.97 Å². The van der Waals surface area contributed by atoms with Gasteiger partial charge in [0.1, 0.15) is 11.9 Å². The van der Waals surface area contributed by atoms with Gasteiger partial charge in [-0.05, 0) is 19.1 Å². The van der Waals surface area contributed by atoms with Gasteiger partial charge in [-0.25, -0.2) is 0 Å². The number of aliphatic hydroxyl groups excluding tert-OH is 1. The average molecular weight is 227 g/mol. The molecule has 0 aromatic carbocycles. The molecule has 0 saturated carbocycles. The van der Waals surface area contributed by atoms with Crippen LogP contribution in [0.5, 0.6) is 0 Å². The maximum atomic E-state index is 11.0. The van der Waals surface area contributed by atoms with E-state index < -0.39 is 6.10 Å². The van der Waals surface area contributed by atoms with E-state index in [2.05, 4.69) is 5.32 Å². The Hall–Kier alpha value is -1.33. The molecule has 90 valence electrons. The molecular weight excluding hydrogens is 210 g/mol. The molecule has 1 aromatic heterocycles. The summed E-state index contributed by atoms with van der Waals surface area (Å²) in [6.45, 7) is 3.00. The molecule has 1 rings (SSSR count). The summed E-state index contributed by atoms with van der Waals surface area (Å²) >= 11 is 0. The second-order valence-corrected chi connectivity index (χ2v) is 3.29. The fourth-order valence-corrected chi connectivity index (χ4v) is 1.24. The third-order valence-electron chi connectivity index (χ3n) is 2.02. The quantitative estimate of drug-likeness (QED) is 0.534. The summed E-state index contributed by atoms with van der Waals surface area (Å²) < 4.78 is 9.79. The topological polar surface area (TPSA) is 71.7 Å². The molecule has 0 aliphatic heterocycles. The molecule has 0 radical (unpaired) electrons. The first kappa shape index (κ1) is 12.7. The van der Waals surface area contributed by atoms with Crippen LogP contribution < -0.4 is 5.32 Å². The molecule has 1 atom stereocenters. The summed E-state index contributed by atoms with van der Waals surface area (Å²) in [5.74, 6) is 0.283. The van der Waals surface area contributed by atoms with Gasteiger partial charge in [0, 0.05) is 13.1 Å². The van der Waals surface area contributed by atoms with Crippen molar-refractivity contribution in [1.29, 1.82) is 0 Å². The van der Waals surface area contributed by atoms with E-state index in [4.69, 9.17) is 9.15 Å². The SMILES string of the molecule is CCOC(=O)CCNCC(O)c1ccco1. The molecule has 16 heavy (non-hydrogen) atoms. The molecule has 1 aromatic rings. The first-order valence-corrected chi connectivity index (χ1v) is 5.31. The fourth-order valence-electron chi connectivity index (χ4n) is 1.24. The zero-order valence-corrected chi connectivity index (χ0v) is 9.31. The predicted molar refractivity (Wildman–Crippen MR) is 57.8 cm³/mol. The van der Waals surface area contributed by atoms with Crippen molar-refractivity contribution in [3.63, 3.8) is 0 Å². The zero-order chi connectivity index (χ0) is 11.8. The van der Waals surface area contributed by atoms with Crippen LogP contribution in [-0.4, -0.2) is 30.8 Å². The Kier molecular flexibility index (Phi) is 5.60. The number of nitrogens with one attached hydrogen (secondary N) is 1. The summed E-state index contributed by atoms with van der Waals surface area (Å²) in [4.78, 5) is 11.0. The molecule has 0 bridgehead atoms. The van der Waals surface area contributed by atoms with Crippen LogP contribution in [0.2, 0.25) is 0 Å². The second-order valence-electron chi connectivity index (χ2n) is 3.29. The molecule has 2 N–H and O–H groups in total. The molecule has 1 unspecified atom stereocenters. The van der Waals surface area contributed by atoms with Gasteiger partial charge in [0.2, 0.25) is 0 Å². The smallest absolute Gasteiger partial charge is 0.307 e. The Morgan fingerprint density at radius 1 is 1.69 bits per heavy atom. The summed E-state index contributed by atoms with van der Waals surface area (Å²) in [7, 11) is 0. The maximum absolute atomic E-state index is 11.0. The largest absolute Gasteiger partial charge is 0.467 e. The highest BCUT2D eigenvalue weighted by Gasteiger charge is 2.09. The first-order valence-electron chi connectivity index (χ1n) is 5.31. The van der Waals surface area contributed by atoms with E-state index >= 15 is 0 Å². The highest BCUT2D eigenvalue weighted by molar-refractivity contribution is 5.69. The predicted octanol–water partition coefficient (Wildman–Crippen LogP) is 0.856. The summed E-state index contributed by atoms with van der Waals surface area (Å²) in [6, 6.07) is 3.43. The van der Waals surface area contributed by atoms with Crippen LogP contribution in [0.25, 0.3) is 0 Å². The number of rotatable bonds is 7. The molecule has 0 saturated heterocycles. The Morgan fingerprint density at radius 3 is 3.12 bits per heavy atom. The minimum absolute atomic E-state index is 0.234. The van der Waals surface area contributed by atoms with E-state index in [1.54, 1.807) is 19.1 Å². The lowest BCUT2D eigenvalue weighted by atomic mass is 10.2. The van der Waals surface area contributed by atoms with Crippen molar-refractivity contribution >= 4 is 5.97 Å². The number of hydrogen-bond donors (Lipinski definition) is 2. The van der Waals surface area contributed by atoms with Crippen LogP contribution >= 0.6 is 0 Å². The number of carbonyl (C=O) groups is 1. The highest BCUT2D eigenvalue weighted by atomic mass is 16.5. The Bertz CT molecular complexity index is 297. The lowest BCUT2D eigenvalue weighted by molar-refractivity contribution is -0.143. The summed E-state index contributed by atoms with van der Waals surface area (Å²) in [5.41, 5.74) is 0. The van der Waals surface area contributed by atoms with Gasteiger partial charge in [-0.2, -0.15) is 0 Å². The van der Waals surface area contributed by atoms with Gasteiger partial charge in [-0.1, -0.05) is 0 Å². The van der Waals surface area contributed by atoms with E-state index in [9.17, 15) is 9.90 Å². The molecule has 0 aliphatic rings. The van der Waals surface area contributed by atoms with Crippen LogP contribution in [0.4, 0.5) is 0 Å². The van der Waals surface area contributed by atoms with Crippen LogP contribution in [0.3, 0.4) is 0 Å². The number of aliphatic hydroxyl groups is 1. The van der Waals surface area contributed by atoms with Gasteiger partial charge in [-0.3, -0.25) is 4.79 Å². The molecule has 0 fully saturated rings. The summed E-state index contributed by atoms with van der Waals surface area (Å²) in [5, 5.41) is 12.6. The van der Waals surface area contributed by atoms with Crippen LogP contribution in [-0.2, 0) is 9.53 Å². The highest BCUT2D eigenvalue weighted by Crippen LogP contribution is 2.11. The van der Waals surface area contributed by atoms with Crippen LogP contribution in [0, 0.1) is 0 Å². The van der Waals surface area contributed by atoms with Crippen molar-refractivity contribution in [2.45, 2.75) is 19.4 Å². The van der Waals surface area contributed by atoms with Crippen molar-refractivity contribution < 1.29 is 19.1 Å². The van der Waals surface area contributed by atoms with Crippen molar-refractivity contribution in [2.75, 3.05) is 19.7 Å². The lowest BCUT2D eigenvalue weighted by Crippen LogP contribution is -2.24. The summed E-state index contributed by atoms with van der Waals surface area (Å²) in [6.07, 6.45) is 1.13. The maximum Gasteiger partial charge on any atom is 0.307 e. The molecule has 0 aliphatic carbocycles. The number of hydrogen-bond acceptors (Lipinski definition) is 5. The number of carbonyl (C=O) groups excluding carboxylic acids is 1. The van der Waals surface area contributed by atoms with Crippen molar-refractivity contribution in [1.82, 2.24) is 5.32 Å². The van der Waals surface area contributed by atoms with E-state index in [1.807, 2.05) is 0 Å².